The molecule has 1 aromatic rings. The lowest BCUT2D eigenvalue weighted by Gasteiger charge is -2.28. The molecule has 0 saturated carbocycles. The standard InChI is InChI=1S/C17H25N3O3/c1-18-16(21)13-23-17(22)19-9-4-5-10-20-11-8-14-6-2-3-7-15(14)12-20/h2-3,6-7H,4-5,8-13H2,1H3,(H,18,21)(H,19,22). The van der Waals surface area contributed by atoms with Crippen molar-refractivity contribution in [2.45, 2.75) is 25.8 Å². The Kier molecular flexibility index (Phi) is 6.87. The highest BCUT2D eigenvalue weighted by Gasteiger charge is 2.14. The van der Waals surface area contributed by atoms with Crippen LogP contribution >= 0.6 is 0 Å². The van der Waals surface area contributed by atoms with Crippen molar-refractivity contribution >= 4 is 12.0 Å². The molecule has 0 unspecified atom stereocenters. The Morgan fingerprint density at radius 1 is 1.22 bits per heavy atom. The Bertz CT molecular complexity index is 534. The molecule has 0 aromatic heterocycles. The van der Waals surface area contributed by atoms with Crippen LogP contribution in [0.1, 0.15) is 24.0 Å². The number of benzene rings is 1. The number of carbonyl (C=O) groups is 2. The third-order valence-corrected chi connectivity index (χ3v) is 3.99. The minimum absolute atomic E-state index is 0.241. The van der Waals surface area contributed by atoms with Gasteiger partial charge in [-0.1, -0.05) is 24.3 Å². The number of likely N-dealkylation sites (N-methyl/N-ethyl adjacent to an activating group) is 1. The number of alkyl carbamates (subject to hydrolysis) is 1. The van der Waals surface area contributed by atoms with Gasteiger partial charge in [0.1, 0.15) is 0 Å². The van der Waals surface area contributed by atoms with E-state index in [0.29, 0.717) is 6.54 Å². The molecule has 2 amide bonds. The lowest BCUT2D eigenvalue weighted by atomic mass is 10.00. The molecule has 0 saturated heterocycles. The van der Waals surface area contributed by atoms with Gasteiger partial charge < -0.3 is 15.4 Å². The van der Waals surface area contributed by atoms with Gasteiger partial charge in [0.25, 0.3) is 5.91 Å². The minimum atomic E-state index is -0.541. The third-order valence-electron chi connectivity index (χ3n) is 3.99. The molecule has 126 valence electrons. The molecule has 0 bridgehead atoms. The fraction of sp³-hybridized carbons (Fsp3) is 0.529. The number of hydrogen-bond acceptors (Lipinski definition) is 4. The monoisotopic (exact) mass is 319 g/mol. The highest BCUT2D eigenvalue weighted by molar-refractivity contribution is 5.79. The van der Waals surface area contributed by atoms with Crippen molar-refractivity contribution in [3.63, 3.8) is 0 Å². The van der Waals surface area contributed by atoms with Gasteiger partial charge in [0.05, 0.1) is 0 Å². The van der Waals surface area contributed by atoms with Crippen LogP contribution in [-0.4, -0.2) is 50.2 Å². The van der Waals surface area contributed by atoms with Crippen LogP contribution in [0.15, 0.2) is 24.3 Å². The predicted octanol–water partition coefficient (Wildman–Crippen LogP) is 1.30. The zero-order valence-corrected chi connectivity index (χ0v) is 13.6. The number of rotatable bonds is 7. The first-order valence-corrected chi connectivity index (χ1v) is 8.09. The first kappa shape index (κ1) is 17.3. The molecule has 0 fully saturated rings. The highest BCUT2D eigenvalue weighted by Crippen LogP contribution is 2.18. The molecular weight excluding hydrogens is 294 g/mol. The summed E-state index contributed by atoms with van der Waals surface area (Å²) >= 11 is 0. The summed E-state index contributed by atoms with van der Waals surface area (Å²) in [5.41, 5.74) is 2.89. The van der Waals surface area contributed by atoms with E-state index in [0.717, 1.165) is 38.9 Å². The zero-order valence-electron chi connectivity index (χ0n) is 13.6. The van der Waals surface area contributed by atoms with E-state index >= 15 is 0 Å². The number of nitrogens with zero attached hydrogens (tertiary/aromatic N) is 1. The van der Waals surface area contributed by atoms with Crippen LogP contribution < -0.4 is 10.6 Å². The number of ether oxygens (including phenoxy) is 1. The average molecular weight is 319 g/mol. The van der Waals surface area contributed by atoms with E-state index in [-0.39, 0.29) is 12.5 Å². The molecule has 23 heavy (non-hydrogen) atoms. The normalized spacial score (nSPS) is 14.0. The molecule has 0 radical (unpaired) electrons. The van der Waals surface area contributed by atoms with E-state index < -0.39 is 6.09 Å². The maximum atomic E-state index is 11.3. The summed E-state index contributed by atoms with van der Waals surface area (Å²) in [6.45, 7) is 3.46. The SMILES string of the molecule is CNC(=O)COC(=O)NCCCCN1CCc2ccccc2C1. The fourth-order valence-electron chi connectivity index (χ4n) is 2.65. The second-order valence-electron chi connectivity index (χ2n) is 5.68. The first-order valence-electron chi connectivity index (χ1n) is 8.09. The number of amides is 2. The van der Waals surface area contributed by atoms with Gasteiger partial charge in [-0.3, -0.25) is 9.69 Å². The predicted molar refractivity (Wildman–Crippen MR) is 88.1 cm³/mol. The number of nitrogens with one attached hydrogen (secondary N) is 2. The quantitative estimate of drug-likeness (QED) is 0.743. The summed E-state index contributed by atoms with van der Waals surface area (Å²) in [6, 6.07) is 8.60. The molecule has 0 spiro atoms. The largest absolute Gasteiger partial charge is 0.439 e. The molecule has 0 aliphatic carbocycles. The Labute approximate surface area is 137 Å². The van der Waals surface area contributed by atoms with Gasteiger partial charge in [0.2, 0.25) is 0 Å². The van der Waals surface area contributed by atoms with Gasteiger partial charge in [-0.15, -0.1) is 0 Å². The van der Waals surface area contributed by atoms with Gasteiger partial charge in [-0.05, 0) is 36.9 Å². The summed E-state index contributed by atoms with van der Waals surface area (Å²) in [6.07, 6.45) is 2.49. The van der Waals surface area contributed by atoms with Crippen molar-refractivity contribution in [1.29, 1.82) is 0 Å². The lowest BCUT2D eigenvalue weighted by molar-refractivity contribution is -0.123. The van der Waals surface area contributed by atoms with Gasteiger partial charge in [0, 0.05) is 26.7 Å². The minimum Gasteiger partial charge on any atom is -0.439 e. The molecule has 1 aliphatic rings. The first-order chi connectivity index (χ1) is 11.2. The number of unbranched alkanes of at least 4 members (excludes halogenated alkanes) is 1. The smallest absolute Gasteiger partial charge is 0.407 e. The average Bonchev–Trinajstić information content (AvgIpc) is 2.59. The van der Waals surface area contributed by atoms with Crippen LogP contribution in [0.4, 0.5) is 4.79 Å². The van der Waals surface area contributed by atoms with Gasteiger partial charge in [-0.25, -0.2) is 4.79 Å². The number of fused-ring (bicyclic) bond motifs is 1. The highest BCUT2D eigenvalue weighted by atomic mass is 16.6. The molecular formula is C17H25N3O3. The topological polar surface area (TPSA) is 70.7 Å². The van der Waals surface area contributed by atoms with Gasteiger partial charge in [-0.2, -0.15) is 0 Å². The molecule has 1 aliphatic heterocycles. The second-order valence-corrected chi connectivity index (χ2v) is 5.68. The van der Waals surface area contributed by atoms with E-state index in [2.05, 4.69) is 39.8 Å². The molecule has 6 nitrogen and oxygen atoms in total. The molecule has 1 heterocycles. The van der Waals surface area contributed by atoms with E-state index in [4.69, 9.17) is 4.74 Å². The Hall–Kier alpha value is -2.08. The third kappa shape index (κ3) is 5.90. The van der Waals surface area contributed by atoms with Crippen LogP contribution in [0.5, 0.6) is 0 Å². The van der Waals surface area contributed by atoms with Crippen molar-refractivity contribution in [2.24, 2.45) is 0 Å². The van der Waals surface area contributed by atoms with Crippen molar-refractivity contribution < 1.29 is 14.3 Å². The fourth-order valence-corrected chi connectivity index (χ4v) is 2.65. The van der Waals surface area contributed by atoms with Gasteiger partial charge >= 0.3 is 6.09 Å². The van der Waals surface area contributed by atoms with Crippen LogP contribution in [0, 0.1) is 0 Å². The van der Waals surface area contributed by atoms with E-state index in [1.165, 1.54) is 18.2 Å². The molecule has 2 N–H and O–H groups in total. The summed E-state index contributed by atoms with van der Waals surface area (Å²) in [5.74, 6) is -0.314. The van der Waals surface area contributed by atoms with Crippen LogP contribution in [0.3, 0.4) is 0 Å². The number of carbonyl (C=O) groups excluding carboxylic acids is 2. The van der Waals surface area contributed by atoms with Gasteiger partial charge in [0.15, 0.2) is 6.61 Å². The van der Waals surface area contributed by atoms with Crippen LogP contribution in [-0.2, 0) is 22.5 Å². The molecule has 6 heteroatoms. The molecule has 0 atom stereocenters. The van der Waals surface area contributed by atoms with Crippen molar-refractivity contribution in [3.8, 4) is 0 Å². The van der Waals surface area contributed by atoms with Crippen molar-refractivity contribution in [3.05, 3.63) is 35.4 Å². The summed E-state index contributed by atoms with van der Waals surface area (Å²) in [4.78, 5) is 24.7. The van der Waals surface area contributed by atoms with E-state index in [1.54, 1.807) is 0 Å². The zero-order chi connectivity index (χ0) is 16.5. The van der Waals surface area contributed by atoms with Crippen LogP contribution in [0.25, 0.3) is 0 Å². The summed E-state index contributed by atoms with van der Waals surface area (Å²) in [7, 11) is 1.50. The second kappa shape index (κ2) is 9.15. The molecule has 1 aromatic carbocycles. The lowest BCUT2D eigenvalue weighted by Crippen LogP contribution is -2.33. The summed E-state index contributed by atoms with van der Waals surface area (Å²) in [5, 5.41) is 5.05. The van der Waals surface area contributed by atoms with E-state index in [1.807, 2.05) is 0 Å². The van der Waals surface area contributed by atoms with Crippen LogP contribution in [0.2, 0.25) is 0 Å². The summed E-state index contributed by atoms with van der Waals surface area (Å²) < 4.78 is 4.76. The Morgan fingerprint density at radius 2 is 2.00 bits per heavy atom. The van der Waals surface area contributed by atoms with Crippen molar-refractivity contribution in [2.75, 3.05) is 33.3 Å². The Balaban J connectivity index is 1.55. The Morgan fingerprint density at radius 3 is 2.78 bits per heavy atom. The van der Waals surface area contributed by atoms with Crippen molar-refractivity contribution in [1.82, 2.24) is 15.5 Å². The maximum absolute atomic E-state index is 11.3. The number of hydrogen-bond donors (Lipinski definition) is 2. The molecule has 2 rings (SSSR count). The van der Waals surface area contributed by atoms with E-state index in [9.17, 15) is 9.59 Å². The maximum Gasteiger partial charge on any atom is 0.407 e.